The molecule has 2 fully saturated rings. The first-order valence-corrected chi connectivity index (χ1v) is 10.9. The highest BCUT2D eigenvalue weighted by molar-refractivity contribution is 6.45. The fourth-order valence-electron chi connectivity index (χ4n) is 4.42. The normalized spacial score (nSPS) is 27.6. The van der Waals surface area contributed by atoms with Crippen molar-refractivity contribution in [3.63, 3.8) is 0 Å². The van der Waals surface area contributed by atoms with E-state index in [0.29, 0.717) is 12.8 Å². The van der Waals surface area contributed by atoms with Crippen LogP contribution in [-0.2, 0) is 25.4 Å². The van der Waals surface area contributed by atoms with E-state index in [1.165, 1.54) is 0 Å². The first kappa shape index (κ1) is 22.7. The number of hydrogen-bond acceptors (Lipinski definition) is 5. The van der Waals surface area contributed by atoms with Crippen molar-refractivity contribution < 1.29 is 18.8 Å². The molecule has 1 aliphatic carbocycles. The number of carbonyl (C=O) groups excluding carboxylic acids is 1. The molecule has 2 unspecified atom stereocenters. The van der Waals surface area contributed by atoms with Crippen molar-refractivity contribution >= 4 is 13.1 Å². The molecule has 2 aliphatic rings. The largest absolute Gasteiger partial charge is 0.460 e. The Morgan fingerprint density at radius 2 is 2.10 bits per heavy atom. The van der Waals surface area contributed by atoms with Gasteiger partial charge < -0.3 is 14.0 Å². The van der Waals surface area contributed by atoms with Crippen LogP contribution in [0.5, 0.6) is 0 Å². The predicted octanol–water partition coefficient (Wildman–Crippen LogP) is 5.45. The fourth-order valence-corrected chi connectivity index (χ4v) is 4.42. The van der Waals surface area contributed by atoms with Gasteiger partial charge in [0.1, 0.15) is 6.61 Å². The standard InChI is InChI=1S/C22H32BN3O4/c1-17-21(2,3)30-23(29-17)14-8-7-12-22(13-11-19(15-22)25-26-24)20(27)28-16-18-9-5-4-6-10-18/h4-6,9-10,17,19H,7-8,11-16H2,1-3H3/t17?,19-,22?/m0/s1. The van der Waals surface area contributed by atoms with Crippen LogP contribution in [0.3, 0.4) is 0 Å². The summed E-state index contributed by atoms with van der Waals surface area (Å²) in [4.78, 5) is 16.0. The molecule has 1 aromatic carbocycles. The van der Waals surface area contributed by atoms with Crippen LogP contribution < -0.4 is 0 Å². The maximum atomic E-state index is 13.1. The second kappa shape index (κ2) is 9.86. The predicted molar refractivity (Wildman–Crippen MR) is 116 cm³/mol. The Balaban J connectivity index is 1.54. The number of azide groups is 1. The summed E-state index contributed by atoms with van der Waals surface area (Å²) in [5.41, 5.74) is 8.94. The highest BCUT2D eigenvalue weighted by atomic mass is 16.7. The van der Waals surface area contributed by atoms with Gasteiger partial charge in [-0.25, -0.2) is 0 Å². The van der Waals surface area contributed by atoms with Crippen molar-refractivity contribution in [3.8, 4) is 0 Å². The number of hydrogen-bond donors (Lipinski definition) is 0. The topological polar surface area (TPSA) is 93.5 Å². The number of esters is 1. The van der Waals surface area contributed by atoms with Crippen molar-refractivity contribution in [2.45, 2.75) is 90.0 Å². The van der Waals surface area contributed by atoms with Gasteiger partial charge in [0.25, 0.3) is 0 Å². The second-order valence-electron chi connectivity index (χ2n) is 9.12. The van der Waals surface area contributed by atoms with Crippen LogP contribution in [0.2, 0.25) is 6.32 Å². The van der Waals surface area contributed by atoms with E-state index in [0.717, 1.165) is 37.6 Å². The van der Waals surface area contributed by atoms with Crippen LogP contribution in [0.25, 0.3) is 10.4 Å². The van der Waals surface area contributed by atoms with E-state index in [-0.39, 0.29) is 37.4 Å². The van der Waals surface area contributed by atoms with Gasteiger partial charge in [-0.1, -0.05) is 48.3 Å². The summed E-state index contributed by atoms with van der Waals surface area (Å²) in [5.74, 6) is -0.176. The third-order valence-electron chi connectivity index (χ3n) is 6.56. The summed E-state index contributed by atoms with van der Waals surface area (Å²) in [7, 11) is -0.185. The van der Waals surface area contributed by atoms with Gasteiger partial charge in [0, 0.05) is 11.0 Å². The molecule has 1 saturated heterocycles. The monoisotopic (exact) mass is 413 g/mol. The first-order chi connectivity index (χ1) is 14.3. The lowest BCUT2D eigenvalue weighted by Gasteiger charge is -2.27. The molecule has 1 aliphatic heterocycles. The number of benzene rings is 1. The lowest BCUT2D eigenvalue weighted by atomic mass is 9.77. The smallest absolute Gasteiger partial charge is 0.457 e. The molecule has 0 bridgehead atoms. The molecule has 1 saturated carbocycles. The summed E-state index contributed by atoms with van der Waals surface area (Å²) in [5, 5.41) is 3.87. The molecule has 7 nitrogen and oxygen atoms in total. The van der Waals surface area contributed by atoms with Crippen LogP contribution in [0, 0.1) is 5.41 Å². The molecule has 0 radical (unpaired) electrons. The maximum Gasteiger partial charge on any atom is 0.457 e. The van der Waals surface area contributed by atoms with Gasteiger partial charge in [-0.3, -0.25) is 4.79 Å². The zero-order valence-electron chi connectivity index (χ0n) is 18.3. The van der Waals surface area contributed by atoms with E-state index < -0.39 is 5.41 Å². The Bertz CT molecular complexity index is 769. The summed E-state index contributed by atoms with van der Waals surface area (Å²) in [6.07, 6.45) is 5.38. The summed E-state index contributed by atoms with van der Waals surface area (Å²) in [6, 6.07) is 9.56. The van der Waals surface area contributed by atoms with Crippen LogP contribution in [0.4, 0.5) is 0 Å². The van der Waals surface area contributed by atoms with Gasteiger partial charge in [0.05, 0.1) is 17.1 Å². The van der Waals surface area contributed by atoms with Gasteiger partial charge >= 0.3 is 13.1 Å². The third kappa shape index (κ3) is 5.57. The Morgan fingerprint density at radius 3 is 2.77 bits per heavy atom. The molecule has 3 rings (SSSR count). The van der Waals surface area contributed by atoms with Crippen molar-refractivity contribution in [3.05, 3.63) is 46.3 Å². The number of unbranched alkanes of at least 4 members (excludes halogenated alkanes) is 1. The number of rotatable bonds is 9. The second-order valence-corrected chi connectivity index (χ2v) is 9.12. The van der Waals surface area contributed by atoms with Crippen molar-refractivity contribution in [1.82, 2.24) is 0 Å². The van der Waals surface area contributed by atoms with Crippen LogP contribution in [0.15, 0.2) is 35.4 Å². The van der Waals surface area contributed by atoms with E-state index in [9.17, 15) is 4.79 Å². The fraction of sp³-hybridized carbons (Fsp3) is 0.682. The van der Waals surface area contributed by atoms with Crippen LogP contribution in [-0.4, -0.2) is 30.8 Å². The number of ether oxygens (including phenoxy) is 1. The molecule has 0 N–H and O–H groups in total. The van der Waals surface area contributed by atoms with Crippen molar-refractivity contribution in [2.75, 3.05) is 0 Å². The molecule has 162 valence electrons. The number of nitrogens with zero attached hydrogens (tertiary/aromatic N) is 3. The average Bonchev–Trinajstić information content (AvgIpc) is 3.25. The van der Waals surface area contributed by atoms with Crippen LogP contribution >= 0.6 is 0 Å². The minimum atomic E-state index is -0.572. The van der Waals surface area contributed by atoms with Crippen molar-refractivity contribution in [1.29, 1.82) is 0 Å². The molecule has 1 aromatic rings. The molecular formula is C22H32BN3O4. The minimum absolute atomic E-state index is 0.0706. The molecular weight excluding hydrogens is 381 g/mol. The maximum absolute atomic E-state index is 13.1. The van der Waals surface area contributed by atoms with Crippen LogP contribution in [0.1, 0.15) is 64.9 Å². The van der Waals surface area contributed by atoms with Gasteiger partial charge in [-0.05, 0) is 63.9 Å². The van der Waals surface area contributed by atoms with Gasteiger partial charge in [-0.2, -0.15) is 0 Å². The van der Waals surface area contributed by atoms with Gasteiger partial charge in [-0.15, -0.1) is 0 Å². The Kier molecular flexibility index (Phi) is 7.45. The molecule has 30 heavy (non-hydrogen) atoms. The molecule has 3 atom stereocenters. The lowest BCUT2D eigenvalue weighted by molar-refractivity contribution is -0.157. The molecule has 0 aromatic heterocycles. The summed E-state index contributed by atoms with van der Waals surface area (Å²) in [6.45, 7) is 6.39. The van der Waals surface area contributed by atoms with E-state index in [2.05, 4.69) is 10.0 Å². The van der Waals surface area contributed by atoms with E-state index in [1.807, 2.05) is 51.1 Å². The molecule has 0 amide bonds. The Morgan fingerprint density at radius 1 is 1.33 bits per heavy atom. The van der Waals surface area contributed by atoms with Gasteiger partial charge in [0.2, 0.25) is 0 Å². The molecule has 8 heteroatoms. The van der Waals surface area contributed by atoms with Gasteiger partial charge in [0.15, 0.2) is 0 Å². The summed E-state index contributed by atoms with van der Waals surface area (Å²) >= 11 is 0. The van der Waals surface area contributed by atoms with E-state index >= 15 is 0 Å². The SMILES string of the molecule is CC1OB(CCCCC2(C(=O)OCc3ccccc3)CC[C@H](N=[N+]=[N-])C2)OC1(C)C. The van der Waals surface area contributed by atoms with E-state index in [1.54, 1.807) is 0 Å². The average molecular weight is 413 g/mol. The quantitative estimate of drug-likeness (QED) is 0.134. The Hall–Kier alpha value is -2.02. The zero-order chi connectivity index (χ0) is 21.6. The molecule has 0 spiro atoms. The minimum Gasteiger partial charge on any atom is -0.460 e. The molecule has 1 heterocycles. The van der Waals surface area contributed by atoms with E-state index in [4.69, 9.17) is 19.6 Å². The highest BCUT2D eigenvalue weighted by Gasteiger charge is 2.46. The lowest BCUT2D eigenvalue weighted by Crippen LogP contribution is -2.31. The zero-order valence-corrected chi connectivity index (χ0v) is 18.3. The Labute approximate surface area is 179 Å². The highest BCUT2D eigenvalue weighted by Crippen LogP contribution is 2.45. The van der Waals surface area contributed by atoms with Crippen molar-refractivity contribution in [2.24, 2.45) is 10.5 Å². The third-order valence-corrected chi connectivity index (χ3v) is 6.56. The first-order valence-electron chi connectivity index (χ1n) is 10.9. The summed E-state index contributed by atoms with van der Waals surface area (Å²) < 4.78 is 17.6. The number of carbonyl (C=O) groups is 1.